The molecule has 6 heteroatoms. The van der Waals surface area contributed by atoms with Crippen molar-refractivity contribution in [3.05, 3.63) is 29.6 Å². The first-order valence-electron chi connectivity index (χ1n) is 5.22. The quantitative estimate of drug-likeness (QED) is 0.789. The highest BCUT2D eigenvalue weighted by Gasteiger charge is 2.18. The van der Waals surface area contributed by atoms with Crippen molar-refractivity contribution >= 4 is 10.0 Å². The summed E-state index contributed by atoms with van der Waals surface area (Å²) in [6.45, 7) is 2.39. The van der Waals surface area contributed by atoms with Crippen molar-refractivity contribution in [1.82, 2.24) is 4.72 Å². The van der Waals surface area contributed by atoms with Crippen molar-refractivity contribution in [1.29, 1.82) is 0 Å². The Hall–Kier alpha value is -0.980. The van der Waals surface area contributed by atoms with Crippen molar-refractivity contribution in [3.8, 4) is 0 Å². The lowest BCUT2D eigenvalue weighted by Gasteiger charge is -2.08. The molecule has 96 valence electrons. The summed E-state index contributed by atoms with van der Waals surface area (Å²) >= 11 is 0. The zero-order chi connectivity index (χ0) is 12.9. The summed E-state index contributed by atoms with van der Waals surface area (Å²) in [5, 5.41) is 0. The molecule has 0 atom stereocenters. The van der Waals surface area contributed by atoms with E-state index in [2.05, 4.69) is 4.72 Å². The Kier molecular flexibility index (Phi) is 5.04. The molecule has 17 heavy (non-hydrogen) atoms. The van der Waals surface area contributed by atoms with E-state index in [4.69, 9.17) is 4.74 Å². The zero-order valence-electron chi connectivity index (χ0n) is 9.86. The van der Waals surface area contributed by atoms with E-state index in [1.165, 1.54) is 19.2 Å². The maximum absolute atomic E-state index is 13.4. The fourth-order valence-corrected chi connectivity index (χ4v) is 2.55. The molecule has 0 aromatic heterocycles. The van der Waals surface area contributed by atoms with E-state index in [9.17, 15) is 12.8 Å². The van der Waals surface area contributed by atoms with Gasteiger partial charge in [-0.25, -0.2) is 17.5 Å². The Morgan fingerprint density at radius 3 is 2.76 bits per heavy atom. The molecule has 0 aliphatic heterocycles. The van der Waals surface area contributed by atoms with Gasteiger partial charge >= 0.3 is 0 Å². The Morgan fingerprint density at radius 1 is 1.41 bits per heavy atom. The highest BCUT2D eigenvalue weighted by atomic mass is 32.2. The molecule has 0 amide bonds. The minimum atomic E-state index is -3.77. The summed E-state index contributed by atoms with van der Waals surface area (Å²) in [6.07, 6.45) is 0.545. The number of rotatable bonds is 6. The summed E-state index contributed by atoms with van der Waals surface area (Å²) in [5.74, 6) is -0.741. The van der Waals surface area contributed by atoms with Gasteiger partial charge in [0.05, 0.1) is 0 Å². The Balaban J connectivity index is 2.79. The van der Waals surface area contributed by atoms with Gasteiger partial charge in [-0.3, -0.25) is 0 Å². The van der Waals surface area contributed by atoms with E-state index in [1.807, 2.05) is 0 Å². The Morgan fingerprint density at radius 2 is 2.12 bits per heavy atom. The van der Waals surface area contributed by atoms with Crippen LogP contribution in [0.25, 0.3) is 0 Å². The standard InChI is InChI=1S/C11H16FNO3S/c1-9-4-5-10(12)11(8-9)17(14,15)13-6-3-7-16-2/h4-5,8,13H,3,6-7H2,1-2H3. The van der Waals surface area contributed by atoms with Gasteiger partial charge in [0.15, 0.2) is 0 Å². The first-order valence-corrected chi connectivity index (χ1v) is 6.70. The van der Waals surface area contributed by atoms with Gasteiger partial charge in [0.2, 0.25) is 10.0 Å². The van der Waals surface area contributed by atoms with Crippen LogP contribution in [0.15, 0.2) is 23.1 Å². The number of halogens is 1. The lowest BCUT2D eigenvalue weighted by atomic mass is 10.2. The van der Waals surface area contributed by atoms with Crippen LogP contribution >= 0.6 is 0 Å². The molecule has 0 fully saturated rings. The molecule has 0 aliphatic carbocycles. The van der Waals surface area contributed by atoms with Gasteiger partial charge in [-0.2, -0.15) is 0 Å². The predicted octanol–water partition coefficient (Wildman–Crippen LogP) is 1.45. The first kappa shape index (κ1) is 14.1. The summed E-state index contributed by atoms with van der Waals surface area (Å²) in [6, 6.07) is 3.99. The molecule has 0 unspecified atom stereocenters. The summed E-state index contributed by atoms with van der Waals surface area (Å²) < 4.78 is 44.1. The highest BCUT2D eigenvalue weighted by molar-refractivity contribution is 7.89. The van der Waals surface area contributed by atoms with Crippen LogP contribution in [0.2, 0.25) is 0 Å². The molecule has 1 aromatic rings. The third-order valence-electron chi connectivity index (χ3n) is 2.19. The number of ether oxygens (including phenoxy) is 1. The number of methoxy groups -OCH3 is 1. The molecule has 1 aromatic carbocycles. The number of sulfonamides is 1. The Labute approximate surface area is 101 Å². The number of aryl methyl sites for hydroxylation is 1. The minimum Gasteiger partial charge on any atom is -0.385 e. The molecule has 0 radical (unpaired) electrons. The molecule has 0 saturated heterocycles. The average molecular weight is 261 g/mol. The maximum Gasteiger partial charge on any atom is 0.243 e. The van der Waals surface area contributed by atoms with Gasteiger partial charge in [0.1, 0.15) is 10.7 Å². The van der Waals surface area contributed by atoms with Gasteiger partial charge in [0, 0.05) is 20.3 Å². The SMILES string of the molecule is COCCCNS(=O)(=O)c1cc(C)ccc1F. The van der Waals surface area contributed by atoms with Crippen LogP contribution in [0.5, 0.6) is 0 Å². The molecule has 0 aliphatic rings. The highest BCUT2D eigenvalue weighted by Crippen LogP contribution is 2.15. The lowest BCUT2D eigenvalue weighted by Crippen LogP contribution is -2.26. The van der Waals surface area contributed by atoms with E-state index in [0.29, 0.717) is 18.6 Å². The van der Waals surface area contributed by atoms with E-state index in [1.54, 1.807) is 6.92 Å². The smallest absolute Gasteiger partial charge is 0.243 e. The van der Waals surface area contributed by atoms with Gasteiger partial charge in [-0.1, -0.05) is 6.07 Å². The fraction of sp³-hybridized carbons (Fsp3) is 0.455. The van der Waals surface area contributed by atoms with Crippen LogP contribution in [0.3, 0.4) is 0 Å². The minimum absolute atomic E-state index is 0.226. The third kappa shape index (κ3) is 4.07. The van der Waals surface area contributed by atoms with Crippen molar-refractivity contribution in [3.63, 3.8) is 0 Å². The maximum atomic E-state index is 13.4. The fourth-order valence-electron chi connectivity index (χ4n) is 1.32. The van der Waals surface area contributed by atoms with E-state index >= 15 is 0 Å². The summed E-state index contributed by atoms with van der Waals surface area (Å²) in [5.41, 5.74) is 0.698. The van der Waals surface area contributed by atoms with Crippen molar-refractivity contribution in [2.24, 2.45) is 0 Å². The van der Waals surface area contributed by atoms with Gasteiger partial charge in [0.25, 0.3) is 0 Å². The number of hydrogen-bond acceptors (Lipinski definition) is 3. The second-order valence-corrected chi connectivity index (χ2v) is 5.41. The molecular formula is C11H16FNO3S. The van der Waals surface area contributed by atoms with Crippen molar-refractivity contribution < 1.29 is 17.5 Å². The van der Waals surface area contributed by atoms with Crippen molar-refractivity contribution in [2.75, 3.05) is 20.3 Å². The topological polar surface area (TPSA) is 55.4 Å². The largest absolute Gasteiger partial charge is 0.385 e. The van der Waals surface area contributed by atoms with Crippen LogP contribution in [-0.2, 0) is 14.8 Å². The van der Waals surface area contributed by atoms with Gasteiger partial charge < -0.3 is 4.74 Å². The van der Waals surface area contributed by atoms with Crippen LogP contribution < -0.4 is 4.72 Å². The van der Waals surface area contributed by atoms with Crippen LogP contribution in [0.4, 0.5) is 4.39 Å². The molecular weight excluding hydrogens is 245 g/mol. The molecule has 0 bridgehead atoms. The molecule has 0 spiro atoms. The zero-order valence-corrected chi connectivity index (χ0v) is 10.7. The molecule has 4 nitrogen and oxygen atoms in total. The second kappa shape index (κ2) is 6.09. The molecule has 1 N–H and O–H groups in total. The van der Waals surface area contributed by atoms with Crippen LogP contribution in [0, 0.1) is 12.7 Å². The average Bonchev–Trinajstić information content (AvgIpc) is 2.28. The van der Waals surface area contributed by atoms with E-state index in [0.717, 1.165) is 6.07 Å². The monoisotopic (exact) mass is 261 g/mol. The van der Waals surface area contributed by atoms with E-state index in [-0.39, 0.29) is 11.4 Å². The molecule has 0 heterocycles. The Bertz CT molecular complexity index is 474. The molecule has 1 rings (SSSR count). The number of nitrogens with one attached hydrogen (secondary N) is 1. The normalized spacial score (nSPS) is 11.7. The predicted molar refractivity (Wildman–Crippen MR) is 62.8 cm³/mol. The van der Waals surface area contributed by atoms with Gasteiger partial charge in [-0.15, -0.1) is 0 Å². The number of hydrogen-bond donors (Lipinski definition) is 1. The summed E-state index contributed by atoms with van der Waals surface area (Å²) in [4.78, 5) is -0.310. The first-order chi connectivity index (χ1) is 7.97. The molecule has 0 saturated carbocycles. The summed E-state index contributed by atoms with van der Waals surface area (Å²) in [7, 11) is -2.24. The second-order valence-electron chi connectivity index (χ2n) is 3.68. The van der Waals surface area contributed by atoms with Crippen LogP contribution in [-0.4, -0.2) is 28.7 Å². The lowest BCUT2D eigenvalue weighted by molar-refractivity contribution is 0.196. The van der Waals surface area contributed by atoms with Crippen LogP contribution in [0.1, 0.15) is 12.0 Å². The van der Waals surface area contributed by atoms with Crippen molar-refractivity contribution in [2.45, 2.75) is 18.2 Å². The number of benzene rings is 1. The van der Waals surface area contributed by atoms with Gasteiger partial charge in [-0.05, 0) is 31.0 Å². The third-order valence-corrected chi connectivity index (χ3v) is 3.67. The van der Waals surface area contributed by atoms with E-state index < -0.39 is 15.8 Å².